The summed E-state index contributed by atoms with van der Waals surface area (Å²) >= 11 is 0. The maximum atomic E-state index is 12.0. The van der Waals surface area contributed by atoms with E-state index in [0.717, 1.165) is 11.5 Å². The van der Waals surface area contributed by atoms with Crippen LogP contribution in [0.4, 0.5) is 11.5 Å². The molecule has 2 N–H and O–H groups in total. The zero-order chi connectivity index (χ0) is 14.5. The van der Waals surface area contributed by atoms with Crippen LogP contribution >= 0.6 is 0 Å². The molecule has 0 bridgehead atoms. The molecule has 0 radical (unpaired) electrons. The first-order valence-corrected chi connectivity index (χ1v) is 7.28. The van der Waals surface area contributed by atoms with Gasteiger partial charge < -0.3 is 10.6 Å². The predicted molar refractivity (Wildman–Crippen MR) is 82.3 cm³/mol. The molecule has 1 fully saturated rings. The molecule has 0 saturated heterocycles. The SMILES string of the molecule is O=C(Nc1ccccc1)c1ccc(NC2CCCC2)nn1. The molecular weight excluding hydrogens is 264 g/mol. The van der Waals surface area contributed by atoms with Crippen LogP contribution in [0.25, 0.3) is 0 Å². The van der Waals surface area contributed by atoms with E-state index in [0.29, 0.717) is 11.7 Å². The highest BCUT2D eigenvalue weighted by Gasteiger charge is 2.15. The van der Waals surface area contributed by atoms with Gasteiger partial charge in [-0.1, -0.05) is 31.0 Å². The Morgan fingerprint density at radius 1 is 1.00 bits per heavy atom. The second-order valence-electron chi connectivity index (χ2n) is 5.25. The van der Waals surface area contributed by atoms with Crippen LogP contribution in [0.5, 0.6) is 0 Å². The zero-order valence-electron chi connectivity index (χ0n) is 11.7. The van der Waals surface area contributed by atoms with Crippen LogP contribution in [-0.4, -0.2) is 22.1 Å². The van der Waals surface area contributed by atoms with E-state index in [9.17, 15) is 4.79 Å². The molecule has 0 aliphatic heterocycles. The Morgan fingerprint density at radius 3 is 2.43 bits per heavy atom. The van der Waals surface area contributed by atoms with Gasteiger partial charge in [0, 0.05) is 11.7 Å². The molecule has 2 aromatic rings. The summed E-state index contributed by atoms with van der Waals surface area (Å²) in [6.07, 6.45) is 4.89. The molecule has 5 heteroatoms. The first kappa shape index (κ1) is 13.5. The molecule has 1 aliphatic rings. The first-order chi connectivity index (χ1) is 10.3. The molecule has 0 spiro atoms. The molecule has 1 aliphatic carbocycles. The van der Waals surface area contributed by atoms with Gasteiger partial charge in [-0.25, -0.2) is 0 Å². The number of nitrogens with one attached hydrogen (secondary N) is 2. The third-order valence-corrected chi connectivity index (χ3v) is 3.64. The van der Waals surface area contributed by atoms with Crippen molar-refractivity contribution >= 4 is 17.4 Å². The lowest BCUT2D eigenvalue weighted by Gasteiger charge is -2.11. The number of nitrogens with zero attached hydrogens (tertiary/aromatic N) is 2. The minimum absolute atomic E-state index is 0.249. The van der Waals surface area contributed by atoms with Crippen molar-refractivity contribution in [3.63, 3.8) is 0 Å². The van der Waals surface area contributed by atoms with Crippen molar-refractivity contribution in [1.82, 2.24) is 10.2 Å². The van der Waals surface area contributed by atoms with Crippen molar-refractivity contribution in [2.75, 3.05) is 10.6 Å². The van der Waals surface area contributed by atoms with Crippen LogP contribution in [0.15, 0.2) is 42.5 Å². The van der Waals surface area contributed by atoms with Gasteiger partial charge in [0.25, 0.3) is 5.91 Å². The van der Waals surface area contributed by atoms with Gasteiger partial charge in [0.15, 0.2) is 5.69 Å². The van der Waals surface area contributed by atoms with Gasteiger partial charge in [0.2, 0.25) is 0 Å². The summed E-state index contributed by atoms with van der Waals surface area (Å²) in [7, 11) is 0. The summed E-state index contributed by atoms with van der Waals surface area (Å²) in [5.41, 5.74) is 1.06. The molecule has 1 aromatic carbocycles. The van der Waals surface area contributed by atoms with Gasteiger partial charge in [-0.3, -0.25) is 4.79 Å². The van der Waals surface area contributed by atoms with E-state index in [-0.39, 0.29) is 5.91 Å². The summed E-state index contributed by atoms with van der Waals surface area (Å²) in [6, 6.07) is 13.3. The van der Waals surface area contributed by atoms with E-state index in [1.54, 1.807) is 6.07 Å². The van der Waals surface area contributed by atoms with Crippen molar-refractivity contribution in [3.8, 4) is 0 Å². The van der Waals surface area contributed by atoms with Crippen molar-refractivity contribution in [2.24, 2.45) is 0 Å². The lowest BCUT2D eigenvalue weighted by molar-refractivity contribution is 0.102. The molecular formula is C16H18N4O. The normalized spacial score (nSPS) is 14.9. The van der Waals surface area contributed by atoms with E-state index in [1.165, 1.54) is 25.7 Å². The average molecular weight is 282 g/mol. The fourth-order valence-corrected chi connectivity index (χ4v) is 2.53. The Morgan fingerprint density at radius 2 is 1.76 bits per heavy atom. The van der Waals surface area contributed by atoms with E-state index in [4.69, 9.17) is 0 Å². The average Bonchev–Trinajstić information content (AvgIpc) is 3.02. The summed E-state index contributed by atoms with van der Waals surface area (Å²) < 4.78 is 0. The standard InChI is InChI=1S/C16H18N4O/c21-16(18-13-6-2-1-3-7-13)14-10-11-15(20-19-14)17-12-8-4-5-9-12/h1-3,6-7,10-12H,4-5,8-9H2,(H,17,20)(H,18,21). The van der Waals surface area contributed by atoms with Crippen LogP contribution < -0.4 is 10.6 Å². The van der Waals surface area contributed by atoms with E-state index in [1.807, 2.05) is 36.4 Å². The van der Waals surface area contributed by atoms with Crippen LogP contribution in [0, 0.1) is 0 Å². The molecule has 108 valence electrons. The fourth-order valence-electron chi connectivity index (χ4n) is 2.53. The summed E-state index contributed by atoms with van der Waals surface area (Å²) in [4.78, 5) is 12.0. The number of rotatable bonds is 4. The second-order valence-corrected chi connectivity index (χ2v) is 5.25. The lowest BCUT2D eigenvalue weighted by Crippen LogP contribution is -2.18. The Labute approximate surface area is 123 Å². The highest BCUT2D eigenvalue weighted by Crippen LogP contribution is 2.21. The highest BCUT2D eigenvalue weighted by molar-refractivity contribution is 6.02. The number of hydrogen-bond acceptors (Lipinski definition) is 4. The Bertz CT molecular complexity index is 591. The second kappa shape index (κ2) is 6.35. The summed E-state index contributed by atoms with van der Waals surface area (Å²) in [5.74, 6) is 0.485. The van der Waals surface area contributed by atoms with E-state index < -0.39 is 0 Å². The molecule has 1 aromatic heterocycles. The number of aromatic nitrogens is 2. The van der Waals surface area contributed by atoms with E-state index >= 15 is 0 Å². The smallest absolute Gasteiger partial charge is 0.276 e. The molecule has 1 heterocycles. The number of para-hydroxylation sites is 1. The predicted octanol–water partition coefficient (Wildman–Crippen LogP) is 3.08. The van der Waals surface area contributed by atoms with Crippen molar-refractivity contribution in [1.29, 1.82) is 0 Å². The number of hydrogen-bond donors (Lipinski definition) is 2. The minimum Gasteiger partial charge on any atom is -0.366 e. The van der Waals surface area contributed by atoms with Crippen LogP contribution in [0.2, 0.25) is 0 Å². The highest BCUT2D eigenvalue weighted by atomic mass is 16.1. The third-order valence-electron chi connectivity index (χ3n) is 3.64. The molecule has 1 saturated carbocycles. The lowest BCUT2D eigenvalue weighted by atomic mass is 10.2. The number of amides is 1. The van der Waals surface area contributed by atoms with Crippen LogP contribution in [-0.2, 0) is 0 Å². The topological polar surface area (TPSA) is 66.9 Å². The number of carbonyl (C=O) groups is 1. The van der Waals surface area contributed by atoms with Crippen LogP contribution in [0.1, 0.15) is 36.2 Å². The summed E-state index contributed by atoms with van der Waals surface area (Å²) in [5, 5.41) is 14.2. The van der Waals surface area contributed by atoms with E-state index in [2.05, 4.69) is 20.8 Å². The van der Waals surface area contributed by atoms with Gasteiger partial charge >= 0.3 is 0 Å². The minimum atomic E-state index is -0.249. The molecule has 21 heavy (non-hydrogen) atoms. The van der Waals surface area contributed by atoms with Gasteiger partial charge in [-0.2, -0.15) is 0 Å². The molecule has 0 unspecified atom stereocenters. The summed E-state index contributed by atoms with van der Waals surface area (Å²) in [6.45, 7) is 0. The Kier molecular flexibility index (Phi) is 4.09. The van der Waals surface area contributed by atoms with Crippen molar-refractivity contribution < 1.29 is 4.79 Å². The van der Waals surface area contributed by atoms with Gasteiger partial charge in [-0.15, -0.1) is 10.2 Å². The first-order valence-electron chi connectivity index (χ1n) is 7.28. The largest absolute Gasteiger partial charge is 0.366 e. The maximum Gasteiger partial charge on any atom is 0.276 e. The van der Waals surface area contributed by atoms with Crippen LogP contribution in [0.3, 0.4) is 0 Å². The monoisotopic (exact) mass is 282 g/mol. The number of carbonyl (C=O) groups excluding carboxylic acids is 1. The molecule has 5 nitrogen and oxygen atoms in total. The number of anilines is 2. The van der Waals surface area contributed by atoms with Gasteiger partial charge in [0.1, 0.15) is 5.82 Å². The van der Waals surface area contributed by atoms with Crippen molar-refractivity contribution in [3.05, 3.63) is 48.2 Å². The Balaban J connectivity index is 1.62. The third kappa shape index (κ3) is 3.56. The quantitative estimate of drug-likeness (QED) is 0.904. The molecule has 1 amide bonds. The molecule has 3 rings (SSSR count). The maximum absolute atomic E-state index is 12.0. The van der Waals surface area contributed by atoms with Gasteiger partial charge in [0.05, 0.1) is 0 Å². The fraction of sp³-hybridized carbons (Fsp3) is 0.312. The molecule has 0 atom stereocenters. The Hall–Kier alpha value is -2.43. The zero-order valence-corrected chi connectivity index (χ0v) is 11.7. The van der Waals surface area contributed by atoms with Crippen molar-refractivity contribution in [2.45, 2.75) is 31.7 Å². The van der Waals surface area contributed by atoms with Gasteiger partial charge in [-0.05, 0) is 37.1 Å². The number of benzene rings is 1.